The zero-order valence-electron chi connectivity index (χ0n) is 14.7. The Morgan fingerprint density at radius 2 is 1.87 bits per heavy atom. The van der Waals surface area contributed by atoms with Gasteiger partial charge in [0, 0.05) is 26.2 Å². The number of carbonyl (C=O) groups excluding carboxylic acids is 1. The molecule has 2 N–H and O–H groups in total. The zero-order valence-corrected chi connectivity index (χ0v) is 14.7. The Kier molecular flexibility index (Phi) is 6.02. The molecule has 1 aliphatic heterocycles. The van der Waals surface area contributed by atoms with Crippen LogP contribution in [-0.4, -0.2) is 53.3 Å². The van der Waals surface area contributed by atoms with E-state index >= 15 is 0 Å². The van der Waals surface area contributed by atoms with Gasteiger partial charge >= 0.3 is 0 Å². The Hall–Kier alpha value is -1.59. The maximum Gasteiger partial charge on any atom is 0.255 e. The summed E-state index contributed by atoms with van der Waals surface area (Å²) in [5, 5.41) is 18.0. The van der Waals surface area contributed by atoms with E-state index in [0.717, 1.165) is 38.2 Å². The van der Waals surface area contributed by atoms with Gasteiger partial charge in [-0.05, 0) is 24.0 Å². The van der Waals surface area contributed by atoms with Crippen molar-refractivity contribution in [1.29, 1.82) is 0 Å². The molecule has 1 saturated heterocycles. The van der Waals surface area contributed by atoms with E-state index in [4.69, 9.17) is 0 Å². The predicted molar refractivity (Wildman–Crippen MR) is 92.4 cm³/mol. The van der Waals surface area contributed by atoms with Crippen molar-refractivity contribution in [2.24, 2.45) is 5.92 Å². The summed E-state index contributed by atoms with van der Waals surface area (Å²) >= 11 is 0. The Morgan fingerprint density at radius 1 is 1.26 bits per heavy atom. The van der Waals surface area contributed by atoms with Crippen LogP contribution in [0, 0.1) is 5.92 Å². The van der Waals surface area contributed by atoms with Crippen LogP contribution in [0.5, 0.6) is 5.75 Å². The van der Waals surface area contributed by atoms with Crippen LogP contribution in [0.2, 0.25) is 0 Å². The molecule has 0 atom stereocenters. The van der Waals surface area contributed by atoms with Gasteiger partial charge in [0.2, 0.25) is 0 Å². The largest absolute Gasteiger partial charge is 0.507 e. The van der Waals surface area contributed by atoms with Crippen molar-refractivity contribution in [2.45, 2.75) is 40.2 Å². The number of phenols is 1. The van der Waals surface area contributed by atoms with Crippen LogP contribution in [0.25, 0.3) is 0 Å². The summed E-state index contributed by atoms with van der Waals surface area (Å²) in [6, 6.07) is 5.52. The third-order valence-electron chi connectivity index (χ3n) is 4.32. The van der Waals surface area contributed by atoms with Crippen LogP contribution in [-0.2, 0) is 6.42 Å². The van der Waals surface area contributed by atoms with E-state index in [0.29, 0.717) is 11.5 Å². The van der Waals surface area contributed by atoms with E-state index in [1.165, 1.54) is 0 Å². The Balaban J connectivity index is 2.07. The number of nitrogens with one attached hydrogen (secondary N) is 1. The molecule has 0 radical (unpaired) electrons. The maximum atomic E-state index is 12.5. The third kappa shape index (κ3) is 4.24. The monoisotopic (exact) mass is 319 g/mol. The number of rotatable bonds is 6. The van der Waals surface area contributed by atoms with Gasteiger partial charge in [0.1, 0.15) is 5.75 Å². The average Bonchev–Trinajstić information content (AvgIpc) is 2.90. The number of hydrogen-bond acceptors (Lipinski definition) is 4. The molecule has 0 bridgehead atoms. The molecule has 1 aromatic rings. The lowest BCUT2D eigenvalue weighted by molar-refractivity contribution is 0.0388. The number of nitrogens with zero attached hydrogens (tertiary/aromatic N) is 2. The number of phenolic OH excluding ortho intramolecular Hbond substituents is 1. The fourth-order valence-electron chi connectivity index (χ4n) is 3.19. The Morgan fingerprint density at radius 3 is 2.39 bits per heavy atom. The van der Waals surface area contributed by atoms with Gasteiger partial charge < -0.3 is 10.4 Å². The number of carbonyl (C=O) groups is 1. The van der Waals surface area contributed by atoms with E-state index in [-0.39, 0.29) is 17.7 Å². The van der Waals surface area contributed by atoms with Crippen LogP contribution in [0.1, 0.15) is 43.6 Å². The second kappa shape index (κ2) is 7.79. The molecule has 1 aromatic carbocycles. The summed E-state index contributed by atoms with van der Waals surface area (Å²) in [6.45, 7) is 12.0. The van der Waals surface area contributed by atoms with Gasteiger partial charge in [-0.25, -0.2) is 10.0 Å². The van der Waals surface area contributed by atoms with Gasteiger partial charge in [0.15, 0.2) is 0 Å². The first-order valence-corrected chi connectivity index (χ1v) is 8.57. The highest BCUT2D eigenvalue weighted by atomic mass is 16.3. The number of hydrogen-bond donors (Lipinski definition) is 2. The van der Waals surface area contributed by atoms with E-state index in [1.807, 2.05) is 12.1 Å². The molecule has 0 unspecified atom stereocenters. The summed E-state index contributed by atoms with van der Waals surface area (Å²) in [7, 11) is 0. The standard InChI is InChI=1S/C18H29N3O2/c1-5-20-11-15(12-21(20)6-2)19-18(23)16-9-7-8-14(17(16)22)10-13(3)4/h7-9,13,15,22H,5-6,10-12H2,1-4H3,(H,19,23). The molecule has 1 aliphatic rings. The van der Waals surface area contributed by atoms with Gasteiger partial charge in [-0.1, -0.05) is 39.8 Å². The summed E-state index contributed by atoms with van der Waals surface area (Å²) in [6.07, 6.45) is 0.767. The molecule has 5 nitrogen and oxygen atoms in total. The Bertz CT molecular complexity index is 533. The molecule has 23 heavy (non-hydrogen) atoms. The van der Waals surface area contributed by atoms with Crippen molar-refractivity contribution >= 4 is 5.91 Å². The minimum Gasteiger partial charge on any atom is -0.507 e. The van der Waals surface area contributed by atoms with Crippen LogP contribution < -0.4 is 5.32 Å². The number of amides is 1. The molecule has 1 heterocycles. The summed E-state index contributed by atoms with van der Waals surface area (Å²) in [5.41, 5.74) is 1.21. The highest BCUT2D eigenvalue weighted by molar-refractivity contribution is 5.97. The molecule has 128 valence electrons. The molecule has 0 saturated carbocycles. The normalized spacial score (nSPS) is 17.1. The van der Waals surface area contributed by atoms with Crippen molar-refractivity contribution in [3.05, 3.63) is 29.3 Å². The van der Waals surface area contributed by atoms with Crippen molar-refractivity contribution in [2.75, 3.05) is 26.2 Å². The minimum absolute atomic E-state index is 0.0931. The summed E-state index contributed by atoms with van der Waals surface area (Å²) in [5.74, 6) is 0.369. The van der Waals surface area contributed by atoms with Crippen molar-refractivity contribution in [3.63, 3.8) is 0 Å². The zero-order chi connectivity index (χ0) is 17.0. The first-order valence-electron chi connectivity index (χ1n) is 8.57. The van der Waals surface area contributed by atoms with Crippen molar-refractivity contribution in [1.82, 2.24) is 15.3 Å². The van der Waals surface area contributed by atoms with E-state index in [2.05, 4.69) is 43.0 Å². The topological polar surface area (TPSA) is 55.8 Å². The van der Waals surface area contributed by atoms with E-state index in [9.17, 15) is 9.90 Å². The third-order valence-corrected chi connectivity index (χ3v) is 4.32. The van der Waals surface area contributed by atoms with Gasteiger partial charge in [0.25, 0.3) is 5.91 Å². The first kappa shape index (κ1) is 17.8. The first-order chi connectivity index (χ1) is 11.0. The van der Waals surface area contributed by atoms with Gasteiger partial charge in [0.05, 0.1) is 11.6 Å². The van der Waals surface area contributed by atoms with Crippen LogP contribution in [0.3, 0.4) is 0 Å². The summed E-state index contributed by atoms with van der Waals surface area (Å²) in [4.78, 5) is 12.5. The molecule has 1 amide bonds. The molecule has 1 fully saturated rings. The van der Waals surface area contributed by atoms with Gasteiger partial charge in [-0.15, -0.1) is 0 Å². The molecular formula is C18H29N3O2. The number of hydrazine groups is 1. The fourth-order valence-corrected chi connectivity index (χ4v) is 3.19. The van der Waals surface area contributed by atoms with Crippen LogP contribution in [0.15, 0.2) is 18.2 Å². The highest BCUT2D eigenvalue weighted by Gasteiger charge is 2.29. The molecule has 0 aliphatic carbocycles. The molecule has 2 rings (SSSR count). The number of para-hydroxylation sites is 1. The summed E-state index contributed by atoms with van der Waals surface area (Å²) < 4.78 is 0. The number of aromatic hydroxyl groups is 1. The lowest BCUT2D eigenvalue weighted by Crippen LogP contribution is -2.38. The van der Waals surface area contributed by atoms with E-state index in [1.54, 1.807) is 6.07 Å². The maximum absolute atomic E-state index is 12.5. The van der Waals surface area contributed by atoms with Crippen LogP contribution in [0.4, 0.5) is 0 Å². The second-order valence-electron chi connectivity index (χ2n) is 6.59. The molecule has 5 heteroatoms. The highest BCUT2D eigenvalue weighted by Crippen LogP contribution is 2.25. The minimum atomic E-state index is -0.188. The van der Waals surface area contributed by atoms with Crippen molar-refractivity contribution in [3.8, 4) is 5.75 Å². The van der Waals surface area contributed by atoms with Gasteiger partial charge in [-0.3, -0.25) is 4.79 Å². The quantitative estimate of drug-likeness (QED) is 0.844. The number of benzene rings is 1. The van der Waals surface area contributed by atoms with Crippen molar-refractivity contribution < 1.29 is 9.90 Å². The Labute approximate surface area is 139 Å². The predicted octanol–water partition coefficient (Wildman–Crippen LogP) is 2.26. The van der Waals surface area contributed by atoms with Crippen LogP contribution >= 0.6 is 0 Å². The molecular weight excluding hydrogens is 290 g/mol. The number of likely N-dealkylation sites (N-methyl/N-ethyl adjacent to an activating group) is 2. The fraction of sp³-hybridized carbons (Fsp3) is 0.611. The second-order valence-corrected chi connectivity index (χ2v) is 6.59. The lowest BCUT2D eigenvalue weighted by Gasteiger charge is -2.24. The van der Waals surface area contributed by atoms with Gasteiger partial charge in [-0.2, -0.15) is 0 Å². The molecule has 0 spiro atoms. The smallest absolute Gasteiger partial charge is 0.255 e. The SMILES string of the molecule is CCN1CC(NC(=O)c2cccc(CC(C)C)c2O)CN1CC. The lowest BCUT2D eigenvalue weighted by atomic mass is 9.99. The van der Waals surface area contributed by atoms with E-state index < -0.39 is 0 Å². The average molecular weight is 319 g/mol. The molecule has 0 aromatic heterocycles.